The van der Waals surface area contributed by atoms with E-state index in [2.05, 4.69) is 10.6 Å². The van der Waals surface area contributed by atoms with Crippen molar-refractivity contribution in [3.05, 3.63) is 71.8 Å². The monoisotopic (exact) mass is 546 g/mol. The molecule has 1 aliphatic heterocycles. The third-order valence-corrected chi connectivity index (χ3v) is 9.07. The first kappa shape index (κ1) is 27.6. The van der Waals surface area contributed by atoms with E-state index < -0.39 is 35.7 Å². The van der Waals surface area contributed by atoms with Gasteiger partial charge in [-0.05, 0) is 49.7 Å². The Morgan fingerprint density at radius 2 is 1.60 bits per heavy atom. The van der Waals surface area contributed by atoms with Gasteiger partial charge in [-0.25, -0.2) is 9.18 Å². The number of halogens is 1. The zero-order chi connectivity index (χ0) is 28.2. The Kier molecular flexibility index (Phi) is 8.06. The van der Waals surface area contributed by atoms with Gasteiger partial charge in [-0.1, -0.05) is 60.7 Å². The Morgan fingerprint density at radius 3 is 2.23 bits per heavy atom. The molecule has 0 spiro atoms. The molecule has 9 heteroatoms. The van der Waals surface area contributed by atoms with Crippen LogP contribution in [-0.2, 0) is 20.9 Å². The molecular formula is C31H35FN4O4. The van der Waals surface area contributed by atoms with Crippen LogP contribution in [0.2, 0.25) is 0 Å². The van der Waals surface area contributed by atoms with E-state index in [-0.39, 0.29) is 30.8 Å². The summed E-state index contributed by atoms with van der Waals surface area (Å²) in [5, 5.41) is 14.9. The summed E-state index contributed by atoms with van der Waals surface area (Å²) in [6.07, 6.45) is 1.85. The minimum atomic E-state index is -1.24. The molecule has 3 amide bonds. The highest BCUT2D eigenvalue weighted by Crippen LogP contribution is 2.62. The normalized spacial score (nSPS) is 27.9. The van der Waals surface area contributed by atoms with Gasteiger partial charge in [0.05, 0.1) is 12.6 Å². The second-order valence-corrected chi connectivity index (χ2v) is 11.4. The van der Waals surface area contributed by atoms with Crippen molar-refractivity contribution in [3.8, 4) is 6.07 Å². The number of fused-ring (bicyclic) bond motifs is 3. The van der Waals surface area contributed by atoms with Crippen molar-refractivity contribution in [2.24, 2.45) is 10.8 Å². The lowest BCUT2D eigenvalue weighted by atomic mass is 9.51. The molecule has 3 saturated carbocycles. The molecule has 2 N–H and O–H groups in total. The topological polar surface area (TPSA) is 112 Å². The molecule has 4 aliphatic rings. The average Bonchev–Trinajstić information content (AvgIpc) is 3.40. The average molecular weight is 547 g/mol. The SMILES string of the molecule is N#C[C@@H]1C[C@H](F)CN1C(=O)CNC(=O)OC(c1ccccc1)C12CCC(C(=O)NCc3ccccc3)(CC1)CC2. The van der Waals surface area contributed by atoms with E-state index >= 15 is 0 Å². The molecule has 1 heterocycles. The number of benzene rings is 2. The van der Waals surface area contributed by atoms with Crippen LogP contribution in [0.5, 0.6) is 0 Å². The Morgan fingerprint density at radius 1 is 0.975 bits per heavy atom. The number of hydrogen-bond donors (Lipinski definition) is 2. The van der Waals surface area contributed by atoms with Crippen LogP contribution in [0.4, 0.5) is 9.18 Å². The summed E-state index contributed by atoms with van der Waals surface area (Å²) in [7, 11) is 0. The predicted octanol–water partition coefficient (Wildman–Crippen LogP) is 4.57. The van der Waals surface area contributed by atoms with E-state index in [9.17, 15) is 24.0 Å². The molecule has 8 nitrogen and oxygen atoms in total. The molecular weight excluding hydrogens is 511 g/mol. The molecule has 1 saturated heterocycles. The van der Waals surface area contributed by atoms with Gasteiger partial charge in [0, 0.05) is 23.8 Å². The Hall–Kier alpha value is -3.93. The van der Waals surface area contributed by atoms with Crippen LogP contribution in [0.3, 0.4) is 0 Å². The second kappa shape index (κ2) is 11.7. The van der Waals surface area contributed by atoms with E-state index in [0.29, 0.717) is 6.54 Å². The highest BCUT2D eigenvalue weighted by molar-refractivity contribution is 5.84. The number of nitrogens with zero attached hydrogens (tertiary/aromatic N) is 2. The standard InChI is InChI=1S/C31H35FN4O4/c32-24-17-25(18-33)36(21-24)26(37)20-35-29(39)40-27(23-9-5-2-6-10-23)30-11-14-31(15-12-30,16-13-30)28(38)34-19-22-7-3-1-4-8-22/h1-10,24-25,27H,11-17,19-21H2,(H,34,38)(H,35,39)/t24-,25-,27?,30?,31?/m0/s1. The van der Waals surface area contributed by atoms with E-state index in [0.717, 1.165) is 49.7 Å². The number of hydrogen-bond acceptors (Lipinski definition) is 5. The van der Waals surface area contributed by atoms with E-state index in [1.165, 1.54) is 4.90 Å². The number of alkyl carbamates (subject to hydrolysis) is 1. The maximum atomic E-state index is 13.7. The van der Waals surface area contributed by atoms with Crippen LogP contribution >= 0.6 is 0 Å². The number of carbonyl (C=O) groups is 3. The summed E-state index contributed by atoms with van der Waals surface area (Å²) in [6, 6.07) is 20.6. The number of nitrogens with one attached hydrogen (secondary N) is 2. The van der Waals surface area contributed by atoms with Gasteiger partial charge in [0.2, 0.25) is 11.8 Å². The van der Waals surface area contributed by atoms with Gasteiger partial charge < -0.3 is 20.3 Å². The molecule has 2 aromatic carbocycles. The highest BCUT2D eigenvalue weighted by atomic mass is 19.1. The van der Waals surface area contributed by atoms with Crippen molar-refractivity contribution in [3.63, 3.8) is 0 Å². The Labute approximate surface area is 233 Å². The first-order valence-corrected chi connectivity index (χ1v) is 14.0. The number of rotatable bonds is 8. The molecule has 1 unspecified atom stereocenters. The van der Waals surface area contributed by atoms with Gasteiger partial charge in [-0.3, -0.25) is 9.59 Å². The number of likely N-dealkylation sites (tertiary alicyclic amines) is 1. The largest absolute Gasteiger partial charge is 0.441 e. The Balaban J connectivity index is 1.23. The maximum absolute atomic E-state index is 13.7. The maximum Gasteiger partial charge on any atom is 0.408 e. The van der Waals surface area contributed by atoms with Gasteiger partial charge in [-0.15, -0.1) is 0 Å². The molecule has 210 valence electrons. The van der Waals surface area contributed by atoms with Crippen LogP contribution in [0.15, 0.2) is 60.7 Å². The van der Waals surface area contributed by atoms with Gasteiger partial charge in [0.25, 0.3) is 0 Å². The summed E-state index contributed by atoms with van der Waals surface area (Å²) in [6.45, 7) is -0.0209. The van der Waals surface area contributed by atoms with Gasteiger partial charge in [-0.2, -0.15) is 5.26 Å². The van der Waals surface area contributed by atoms with E-state index in [1.54, 1.807) is 0 Å². The van der Waals surface area contributed by atoms with Crippen molar-refractivity contribution in [2.75, 3.05) is 13.1 Å². The van der Waals surface area contributed by atoms with Crippen molar-refractivity contribution in [2.45, 2.75) is 69.8 Å². The summed E-state index contributed by atoms with van der Waals surface area (Å²) < 4.78 is 19.8. The number of carbonyl (C=O) groups excluding carboxylic acids is 3. The van der Waals surface area contributed by atoms with E-state index in [1.807, 2.05) is 66.7 Å². The van der Waals surface area contributed by atoms with Gasteiger partial charge in [0.15, 0.2) is 0 Å². The van der Waals surface area contributed by atoms with Crippen LogP contribution in [0.25, 0.3) is 0 Å². The van der Waals surface area contributed by atoms with E-state index in [4.69, 9.17) is 4.74 Å². The quantitative estimate of drug-likeness (QED) is 0.504. The second-order valence-electron chi connectivity index (χ2n) is 11.4. The molecule has 0 aromatic heterocycles. The number of alkyl halides is 1. The lowest BCUT2D eigenvalue weighted by Gasteiger charge is -2.54. The van der Waals surface area contributed by atoms with Crippen LogP contribution in [0, 0.1) is 22.2 Å². The minimum Gasteiger partial charge on any atom is -0.441 e. The molecule has 6 rings (SSSR count). The molecule has 40 heavy (non-hydrogen) atoms. The van der Waals surface area contributed by atoms with Crippen molar-refractivity contribution in [1.82, 2.24) is 15.5 Å². The third kappa shape index (κ3) is 5.67. The fourth-order valence-corrected chi connectivity index (χ4v) is 6.67. The molecule has 3 aliphatic carbocycles. The predicted molar refractivity (Wildman–Crippen MR) is 145 cm³/mol. The van der Waals surface area contributed by atoms with Crippen LogP contribution in [-0.4, -0.2) is 48.1 Å². The molecule has 3 atom stereocenters. The lowest BCUT2D eigenvalue weighted by Crippen LogP contribution is -2.52. The number of amides is 3. The first-order valence-electron chi connectivity index (χ1n) is 14.0. The molecule has 2 aromatic rings. The summed E-state index contributed by atoms with van der Waals surface area (Å²) in [5.74, 6) is -0.425. The number of ether oxygens (including phenoxy) is 1. The summed E-state index contributed by atoms with van der Waals surface area (Å²) in [5.41, 5.74) is 1.21. The van der Waals surface area contributed by atoms with Crippen molar-refractivity contribution in [1.29, 1.82) is 5.26 Å². The summed E-state index contributed by atoms with van der Waals surface area (Å²) in [4.78, 5) is 40.0. The van der Waals surface area contributed by atoms with Crippen molar-refractivity contribution < 1.29 is 23.5 Å². The third-order valence-electron chi connectivity index (χ3n) is 9.07. The fraction of sp³-hybridized carbons (Fsp3) is 0.484. The van der Waals surface area contributed by atoms with Gasteiger partial charge >= 0.3 is 6.09 Å². The molecule has 0 radical (unpaired) electrons. The van der Waals surface area contributed by atoms with Crippen LogP contribution in [0.1, 0.15) is 62.2 Å². The zero-order valence-electron chi connectivity index (χ0n) is 22.5. The summed E-state index contributed by atoms with van der Waals surface area (Å²) >= 11 is 0. The van der Waals surface area contributed by atoms with Crippen molar-refractivity contribution >= 4 is 17.9 Å². The Bertz CT molecular complexity index is 1240. The fourth-order valence-electron chi connectivity index (χ4n) is 6.67. The van der Waals surface area contributed by atoms with Gasteiger partial charge in [0.1, 0.15) is 24.9 Å². The van der Waals surface area contributed by atoms with Crippen LogP contribution < -0.4 is 10.6 Å². The highest BCUT2D eigenvalue weighted by Gasteiger charge is 2.56. The molecule has 2 bridgehead atoms. The zero-order valence-corrected chi connectivity index (χ0v) is 22.5. The smallest absolute Gasteiger partial charge is 0.408 e. The lowest BCUT2D eigenvalue weighted by molar-refractivity contribution is -0.148. The first-order chi connectivity index (χ1) is 19.3. The minimum absolute atomic E-state index is 0.0168. The number of nitriles is 1. The molecule has 4 fully saturated rings.